The summed E-state index contributed by atoms with van der Waals surface area (Å²) in [6, 6.07) is 15.8. The van der Waals surface area contributed by atoms with E-state index in [1.807, 2.05) is 18.2 Å². The highest BCUT2D eigenvalue weighted by atomic mass is 32.2. The maximum Gasteiger partial charge on any atom is 0.240 e. The smallest absolute Gasteiger partial charge is 0.240 e. The topological polar surface area (TPSA) is 85.4 Å². The molecule has 1 saturated heterocycles. The highest BCUT2D eigenvalue weighted by molar-refractivity contribution is 7.89. The number of nitrogens with one attached hydrogen (secondary N) is 2. The van der Waals surface area contributed by atoms with Gasteiger partial charge in [0.25, 0.3) is 0 Å². The molecule has 7 heteroatoms. The molecule has 1 unspecified atom stereocenters. The number of aliphatic hydroxyl groups is 1. The summed E-state index contributed by atoms with van der Waals surface area (Å²) >= 11 is 0. The Morgan fingerprint density at radius 2 is 1.90 bits per heavy atom. The molecule has 0 amide bonds. The van der Waals surface area contributed by atoms with E-state index in [0.717, 1.165) is 66.5 Å². The van der Waals surface area contributed by atoms with Crippen molar-refractivity contribution in [3.8, 4) is 11.1 Å². The minimum Gasteiger partial charge on any atom is -0.395 e. The standard InChI is InChI=1S/C23H27N3O3S/c27-15-21-4-2-10-26(21)14-20-12-18-11-17(6-9-23(18)24-20)16-3-1-5-22(13-16)30(28,29)25-19-7-8-19/h1,3,5-6,9,11-13,19,21,24-25,27H,2,4,7-8,10,14-15H2. The van der Waals surface area contributed by atoms with Crippen LogP contribution in [0, 0.1) is 0 Å². The first-order valence-corrected chi connectivity index (χ1v) is 12.1. The lowest BCUT2D eigenvalue weighted by Gasteiger charge is -2.21. The van der Waals surface area contributed by atoms with Crippen LogP contribution in [-0.4, -0.2) is 48.6 Å². The fraction of sp³-hybridized carbons (Fsp3) is 0.391. The van der Waals surface area contributed by atoms with Crippen LogP contribution >= 0.6 is 0 Å². The van der Waals surface area contributed by atoms with E-state index in [4.69, 9.17) is 0 Å². The SMILES string of the molecule is O=S(=O)(NC1CC1)c1cccc(-c2ccc3[nH]c(CN4CCCC4CO)cc3c2)c1. The van der Waals surface area contributed by atoms with Gasteiger partial charge in [-0.3, -0.25) is 4.90 Å². The van der Waals surface area contributed by atoms with E-state index >= 15 is 0 Å². The zero-order valence-corrected chi connectivity index (χ0v) is 17.7. The van der Waals surface area contributed by atoms with Crippen LogP contribution in [0.5, 0.6) is 0 Å². The number of H-pyrrole nitrogens is 1. The molecule has 2 fully saturated rings. The summed E-state index contributed by atoms with van der Waals surface area (Å²) in [7, 11) is -3.47. The van der Waals surface area contributed by atoms with Crippen molar-refractivity contribution in [1.82, 2.24) is 14.6 Å². The zero-order chi connectivity index (χ0) is 20.7. The van der Waals surface area contributed by atoms with Gasteiger partial charge in [-0.1, -0.05) is 18.2 Å². The molecule has 1 aliphatic carbocycles. The second-order valence-corrected chi connectivity index (χ2v) is 10.2. The normalized spacial score (nSPS) is 20.2. The van der Waals surface area contributed by atoms with Gasteiger partial charge in [0.15, 0.2) is 0 Å². The van der Waals surface area contributed by atoms with Gasteiger partial charge in [-0.15, -0.1) is 0 Å². The number of sulfonamides is 1. The Kier molecular flexibility index (Phi) is 5.14. The van der Waals surface area contributed by atoms with Crippen LogP contribution < -0.4 is 4.72 Å². The summed E-state index contributed by atoms with van der Waals surface area (Å²) in [6.07, 6.45) is 4.02. The lowest BCUT2D eigenvalue weighted by atomic mass is 10.0. The second-order valence-electron chi connectivity index (χ2n) is 8.47. The van der Waals surface area contributed by atoms with Gasteiger partial charge < -0.3 is 10.1 Å². The van der Waals surface area contributed by atoms with E-state index in [2.05, 4.69) is 26.7 Å². The predicted molar refractivity (Wildman–Crippen MR) is 118 cm³/mol. The molecule has 2 aromatic carbocycles. The first-order valence-electron chi connectivity index (χ1n) is 10.6. The van der Waals surface area contributed by atoms with Gasteiger partial charge >= 0.3 is 0 Å². The Morgan fingerprint density at radius 3 is 2.70 bits per heavy atom. The van der Waals surface area contributed by atoms with Gasteiger partial charge in [0.05, 0.1) is 11.5 Å². The van der Waals surface area contributed by atoms with Crippen LogP contribution in [0.2, 0.25) is 0 Å². The summed E-state index contributed by atoms with van der Waals surface area (Å²) in [5, 5.41) is 10.7. The number of aromatic amines is 1. The third-order valence-corrected chi connectivity index (χ3v) is 7.65. The highest BCUT2D eigenvalue weighted by Crippen LogP contribution is 2.29. The number of hydrogen-bond donors (Lipinski definition) is 3. The van der Waals surface area contributed by atoms with Crippen LogP contribution in [0.3, 0.4) is 0 Å². The van der Waals surface area contributed by atoms with E-state index in [9.17, 15) is 13.5 Å². The molecule has 6 nitrogen and oxygen atoms in total. The van der Waals surface area contributed by atoms with Gasteiger partial charge in [-0.25, -0.2) is 13.1 Å². The molecular weight excluding hydrogens is 398 g/mol. The number of aliphatic hydroxyl groups excluding tert-OH is 1. The fourth-order valence-corrected chi connectivity index (χ4v) is 5.67. The molecule has 1 atom stereocenters. The Balaban J connectivity index is 1.40. The van der Waals surface area contributed by atoms with Crippen LogP contribution in [0.4, 0.5) is 0 Å². The van der Waals surface area contributed by atoms with Crippen molar-refractivity contribution in [3.05, 3.63) is 54.2 Å². The van der Waals surface area contributed by atoms with Crippen LogP contribution in [0.1, 0.15) is 31.4 Å². The van der Waals surface area contributed by atoms with Crippen molar-refractivity contribution in [2.24, 2.45) is 0 Å². The summed E-state index contributed by atoms with van der Waals surface area (Å²) in [6.45, 7) is 2.02. The van der Waals surface area contributed by atoms with E-state index in [1.165, 1.54) is 0 Å². The number of fused-ring (bicyclic) bond motifs is 1. The summed E-state index contributed by atoms with van der Waals surface area (Å²) in [4.78, 5) is 6.12. The molecule has 0 radical (unpaired) electrons. The van der Waals surface area contributed by atoms with Crippen molar-refractivity contribution in [2.45, 2.75) is 49.2 Å². The Labute approximate surface area is 177 Å². The molecule has 1 aromatic heterocycles. The summed E-state index contributed by atoms with van der Waals surface area (Å²) in [5.74, 6) is 0. The van der Waals surface area contributed by atoms with E-state index in [1.54, 1.807) is 18.2 Å². The third-order valence-electron chi connectivity index (χ3n) is 6.14. The van der Waals surface area contributed by atoms with Crippen molar-refractivity contribution in [3.63, 3.8) is 0 Å². The fourth-order valence-electron chi connectivity index (χ4n) is 4.32. The van der Waals surface area contributed by atoms with E-state index < -0.39 is 10.0 Å². The molecule has 1 saturated carbocycles. The lowest BCUT2D eigenvalue weighted by molar-refractivity contribution is 0.152. The predicted octanol–water partition coefficient (Wildman–Crippen LogP) is 3.23. The zero-order valence-electron chi connectivity index (χ0n) is 16.8. The number of aromatic nitrogens is 1. The Morgan fingerprint density at radius 1 is 1.07 bits per heavy atom. The Hall–Kier alpha value is -2.19. The number of nitrogens with zero attached hydrogens (tertiary/aromatic N) is 1. The van der Waals surface area contributed by atoms with Gasteiger partial charge in [0, 0.05) is 35.2 Å². The first-order chi connectivity index (χ1) is 14.5. The molecule has 3 aromatic rings. The average Bonchev–Trinajstić information content (AvgIpc) is 3.27. The molecule has 1 aliphatic heterocycles. The summed E-state index contributed by atoms with van der Waals surface area (Å²) in [5.41, 5.74) is 4.07. The maximum atomic E-state index is 12.6. The van der Waals surface area contributed by atoms with Gasteiger partial charge in [0.1, 0.15) is 0 Å². The van der Waals surface area contributed by atoms with E-state index in [-0.39, 0.29) is 18.7 Å². The minimum atomic E-state index is -3.47. The first kappa shape index (κ1) is 19.8. The van der Waals surface area contributed by atoms with Gasteiger partial charge in [0.2, 0.25) is 10.0 Å². The summed E-state index contributed by atoms with van der Waals surface area (Å²) < 4.78 is 27.9. The van der Waals surface area contributed by atoms with Crippen LogP contribution in [-0.2, 0) is 16.6 Å². The Bertz CT molecular complexity index is 1170. The molecule has 5 rings (SSSR count). The van der Waals surface area contributed by atoms with Crippen molar-refractivity contribution < 1.29 is 13.5 Å². The molecule has 2 heterocycles. The molecular formula is C23H27N3O3S. The third kappa shape index (κ3) is 4.03. The van der Waals surface area contributed by atoms with Gasteiger partial charge in [-0.2, -0.15) is 0 Å². The lowest BCUT2D eigenvalue weighted by Crippen LogP contribution is -2.31. The van der Waals surface area contributed by atoms with E-state index in [0.29, 0.717) is 4.90 Å². The molecule has 0 bridgehead atoms. The highest BCUT2D eigenvalue weighted by Gasteiger charge is 2.28. The number of hydrogen-bond acceptors (Lipinski definition) is 4. The number of rotatable bonds is 7. The van der Waals surface area contributed by atoms with Crippen LogP contribution in [0.25, 0.3) is 22.0 Å². The average molecular weight is 426 g/mol. The van der Waals surface area contributed by atoms with Crippen molar-refractivity contribution in [2.75, 3.05) is 13.2 Å². The number of benzene rings is 2. The molecule has 0 spiro atoms. The second kappa shape index (κ2) is 7.81. The largest absolute Gasteiger partial charge is 0.395 e. The molecule has 158 valence electrons. The van der Waals surface area contributed by atoms with Crippen molar-refractivity contribution >= 4 is 20.9 Å². The quantitative estimate of drug-likeness (QED) is 0.543. The molecule has 2 aliphatic rings. The van der Waals surface area contributed by atoms with Crippen molar-refractivity contribution in [1.29, 1.82) is 0 Å². The molecule has 30 heavy (non-hydrogen) atoms. The molecule has 3 N–H and O–H groups in total. The number of likely N-dealkylation sites (tertiary alicyclic amines) is 1. The van der Waals surface area contributed by atoms with Gasteiger partial charge in [-0.05, 0) is 73.7 Å². The minimum absolute atomic E-state index is 0.0920. The monoisotopic (exact) mass is 425 g/mol. The van der Waals surface area contributed by atoms with Crippen LogP contribution in [0.15, 0.2) is 53.4 Å². The maximum absolute atomic E-state index is 12.6.